The average Bonchev–Trinajstić information content (AvgIpc) is 3.17. The van der Waals surface area contributed by atoms with Gasteiger partial charge in [0.2, 0.25) is 5.91 Å². The highest BCUT2D eigenvalue weighted by Crippen LogP contribution is 2.30. The van der Waals surface area contributed by atoms with Gasteiger partial charge < -0.3 is 20.1 Å². The minimum absolute atomic E-state index is 0.161. The highest BCUT2D eigenvalue weighted by atomic mass is 35.5. The Hall–Kier alpha value is -2.52. The lowest BCUT2D eigenvalue weighted by molar-refractivity contribution is -0.123. The van der Waals surface area contributed by atoms with E-state index < -0.39 is 6.04 Å². The standard InChI is InChI=1S/C19H24ClN5O3/c1-11(12-4-9-15(27-2)16(10-12)28-3)21-19(26)17-18(24-25-23-17)22-14-7-5-13(20)6-8-14/h4-11,17-18,22-25H,1-3H3,(H,21,26). The van der Waals surface area contributed by atoms with E-state index in [0.29, 0.717) is 16.5 Å². The molecule has 3 unspecified atom stereocenters. The fourth-order valence-electron chi connectivity index (χ4n) is 2.93. The molecule has 0 saturated carbocycles. The minimum Gasteiger partial charge on any atom is -0.493 e. The van der Waals surface area contributed by atoms with Crippen molar-refractivity contribution in [2.75, 3.05) is 19.5 Å². The summed E-state index contributed by atoms with van der Waals surface area (Å²) in [4.78, 5) is 12.8. The first-order valence-corrected chi connectivity index (χ1v) is 9.20. The Morgan fingerprint density at radius 3 is 2.46 bits per heavy atom. The van der Waals surface area contributed by atoms with Crippen LogP contribution in [0.3, 0.4) is 0 Å². The lowest BCUT2D eigenvalue weighted by atomic mass is 10.1. The SMILES string of the molecule is COc1ccc(C(C)NC(=O)C2NNNC2Nc2ccc(Cl)cc2)cc1OC. The van der Waals surface area contributed by atoms with Crippen LogP contribution in [0.4, 0.5) is 5.69 Å². The molecule has 2 aromatic carbocycles. The van der Waals surface area contributed by atoms with Gasteiger partial charge in [0.25, 0.3) is 0 Å². The van der Waals surface area contributed by atoms with Crippen molar-refractivity contribution < 1.29 is 14.3 Å². The molecule has 1 amide bonds. The monoisotopic (exact) mass is 405 g/mol. The maximum absolute atomic E-state index is 12.8. The molecule has 0 aromatic heterocycles. The molecule has 1 aliphatic rings. The zero-order chi connectivity index (χ0) is 20.1. The summed E-state index contributed by atoms with van der Waals surface area (Å²) in [5.41, 5.74) is 10.5. The van der Waals surface area contributed by atoms with Crippen LogP contribution in [0.5, 0.6) is 11.5 Å². The second kappa shape index (κ2) is 9.11. The number of halogens is 1. The third kappa shape index (κ3) is 4.66. The van der Waals surface area contributed by atoms with E-state index in [2.05, 4.69) is 27.0 Å². The highest BCUT2D eigenvalue weighted by Gasteiger charge is 2.33. The van der Waals surface area contributed by atoms with Gasteiger partial charge in [0, 0.05) is 10.7 Å². The van der Waals surface area contributed by atoms with E-state index in [1.807, 2.05) is 37.3 Å². The van der Waals surface area contributed by atoms with Gasteiger partial charge in [0.15, 0.2) is 11.5 Å². The molecule has 5 N–H and O–H groups in total. The highest BCUT2D eigenvalue weighted by molar-refractivity contribution is 6.30. The number of hydrogen-bond donors (Lipinski definition) is 5. The number of benzene rings is 2. The molecule has 0 radical (unpaired) electrons. The number of hydrazine groups is 2. The Balaban J connectivity index is 1.65. The molecular weight excluding hydrogens is 382 g/mol. The fourth-order valence-corrected chi connectivity index (χ4v) is 3.06. The van der Waals surface area contributed by atoms with Gasteiger partial charge in [-0.1, -0.05) is 17.7 Å². The zero-order valence-electron chi connectivity index (χ0n) is 15.9. The van der Waals surface area contributed by atoms with E-state index in [1.165, 1.54) is 0 Å². The molecule has 28 heavy (non-hydrogen) atoms. The number of carbonyl (C=O) groups is 1. The number of ether oxygens (including phenoxy) is 2. The second-order valence-corrected chi connectivity index (χ2v) is 6.80. The van der Waals surface area contributed by atoms with Crippen LogP contribution in [0.25, 0.3) is 0 Å². The average molecular weight is 406 g/mol. The number of carbonyl (C=O) groups excluding carboxylic acids is 1. The largest absolute Gasteiger partial charge is 0.493 e. The summed E-state index contributed by atoms with van der Waals surface area (Å²) >= 11 is 5.91. The minimum atomic E-state index is -0.529. The van der Waals surface area contributed by atoms with Crippen LogP contribution in [-0.4, -0.2) is 32.3 Å². The van der Waals surface area contributed by atoms with E-state index in [4.69, 9.17) is 21.1 Å². The van der Waals surface area contributed by atoms with E-state index >= 15 is 0 Å². The van der Waals surface area contributed by atoms with Crippen molar-refractivity contribution in [1.82, 2.24) is 21.7 Å². The third-order valence-electron chi connectivity index (χ3n) is 4.50. The van der Waals surface area contributed by atoms with Crippen molar-refractivity contribution in [3.63, 3.8) is 0 Å². The lowest BCUT2D eigenvalue weighted by Gasteiger charge is -2.22. The van der Waals surface area contributed by atoms with Crippen LogP contribution in [0.15, 0.2) is 42.5 Å². The molecule has 1 saturated heterocycles. The molecule has 3 rings (SSSR count). The molecule has 0 spiro atoms. The van der Waals surface area contributed by atoms with Gasteiger partial charge in [-0.15, -0.1) is 0 Å². The van der Waals surface area contributed by atoms with E-state index in [9.17, 15) is 4.79 Å². The van der Waals surface area contributed by atoms with Crippen LogP contribution in [-0.2, 0) is 4.79 Å². The van der Waals surface area contributed by atoms with Crippen LogP contribution in [0, 0.1) is 0 Å². The molecule has 1 aliphatic heterocycles. The number of hydrogen-bond acceptors (Lipinski definition) is 7. The normalized spacial score (nSPS) is 19.7. The second-order valence-electron chi connectivity index (χ2n) is 6.36. The first-order chi connectivity index (χ1) is 13.5. The number of anilines is 1. The number of nitrogens with one attached hydrogen (secondary N) is 5. The summed E-state index contributed by atoms with van der Waals surface area (Å²) in [6.45, 7) is 1.91. The Bertz CT molecular complexity index is 818. The summed E-state index contributed by atoms with van der Waals surface area (Å²) in [6.07, 6.45) is -0.348. The van der Waals surface area contributed by atoms with Crippen molar-refractivity contribution in [1.29, 1.82) is 0 Å². The summed E-state index contributed by atoms with van der Waals surface area (Å²) in [7, 11) is 3.17. The van der Waals surface area contributed by atoms with Crippen molar-refractivity contribution in [3.05, 3.63) is 53.1 Å². The van der Waals surface area contributed by atoms with Crippen LogP contribution >= 0.6 is 11.6 Å². The van der Waals surface area contributed by atoms with Crippen molar-refractivity contribution in [2.24, 2.45) is 0 Å². The predicted octanol–water partition coefficient (Wildman–Crippen LogP) is 1.95. The number of rotatable bonds is 7. The molecule has 150 valence electrons. The third-order valence-corrected chi connectivity index (χ3v) is 4.76. The van der Waals surface area contributed by atoms with Crippen molar-refractivity contribution in [3.8, 4) is 11.5 Å². The zero-order valence-corrected chi connectivity index (χ0v) is 16.6. The summed E-state index contributed by atoms with van der Waals surface area (Å²) < 4.78 is 10.6. The van der Waals surface area contributed by atoms with Gasteiger partial charge in [-0.2, -0.15) is 5.53 Å². The lowest BCUT2D eigenvalue weighted by Crippen LogP contribution is -2.50. The molecule has 1 fully saturated rings. The Morgan fingerprint density at radius 2 is 1.79 bits per heavy atom. The molecular formula is C19H24ClN5O3. The maximum Gasteiger partial charge on any atom is 0.242 e. The molecule has 2 aromatic rings. The molecule has 9 heteroatoms. The van der Waals surface area contributed by atoms with Gasteiger partial charge in [-0.25, -0.2) is 10.9 Å². The number of methoxy groups -OCH3 is 2. The molecule has 0 bridgehead atoms. The molecule has 8 nitrogen and oxygen atoms in total. The van der Waals surface area contributed by atoms with Crippen LogP contribution in [0.2, 0.25) is 5.02 Å². The van der Waals surface area contributed by atoms with Crippen LogP contribution < -0.4 is 36.5 Å². The van der Waals surface area contributed by atoms with Gasteiger partial charge in [-0.05, 0) is 48.9 Å². The number of amides is 1. The Morgan fingerprint density at radius 1 is 1.07 bits per heavy atom. The van der Waals surface area contributed by atoms with E-state index in [0.717, 1.165) is 11.3 Å². The molecule has 3 atom stereocenters. The predicted molar refractivity (Wildman–Crippen MR) is 108 cm³/mol. The first-order valence-electron chi connectivity index (χ1n) is 8.82. The summed E-state index contributed by atoms with van der Waals surface area (Å²) in [5.74, 6) is 1.10. The Labute approximate surface area is 168 Å². The first kappa shape index (κ1) is 20.2. The maximum atomic E-state index is 12.8. The molecule has 0 aliphatic carbocycles. The summed E-state index contributed by atoms with van der Waals surface area (Å²) in [5, 5.41) is 6.92. The fraction of sp³-hybridized carbons (Fsp3) is 0.316. The van der Waals surface area contributed by atoms with Gasteiger partial charge in [-0.3, -0.25) is 4.79 Å². The quantitative estimate of drug-likeness (QED) is 0.480. The van der Waals surface area contributed by atoms with E-state index in [-0.39, 0.29) is 18.1 Å². The smallest absolute Gasteiger partial charge is 0.242 e. The van der Waals surface area contributed by atoms with Crippen LogP contribution in [0.1, 0.15) is 18.5 Å². The van der Waals surface area contributed by atoms with E-state index in [1.54, 1.807) is 26.4 Å². The van der Waals surface area contributed by atoms with Crippen molar-refractivity contribution in [2.45, 2.75) is 25.2 Å². The van der Waals surface area contributed by atoms with Crippen molar-refractivity contribution >= 4 is 23.2 Å². The summed E-state index contributed by atoms with van der Waals surface area (Å²) in [6, 6.07) is 12.1. The van der Waals surface area contributed by atoms with Gasteiger partial charge >= 0.3 is 0 Å². The topological polar surface area (TPSA) is 95.7 Å². The Kier molecular flexibility index (Phi) is 6.58. The molecule has 1 heterocycles. The van der Waals surface area contributed by atoms with Gasteiger partial charge in [0.05, 0.1) is 20.3 Å². The van der Waals surface area contributed by atoms with Gasteiger partial charge in [0.1, 0.15) is 12.2 Å².